The fraction of sp³-hybridized carbons (Fsp3) is 0.583. The van der Waals surface area contributed by atoms with E-state index in [0.717, 1.165) is 10.4 Å². The van der Waals surface area contributed by atoms with E-state index in [4.69, 9.17) is 5.11 Å². The van der Waals surface area contributed by atoms with Crippen molar-refractivity contribution < 1.29 is 15.0 Å². The van der Waals surface area contributed by atoms with Gasteiger partial charge < -0.3 is 15.5 Å². The molecule has 0 aliphatic carbocycles. The number of hydrogen-bond donors (Lipinski definition) is 3. The summed E-state index contributed by atoms with van der Waals surface area (Å²) in [6, 6.07) is 1.69. The molecule has 1 heterocycles. The average molecular weight is 257 g/mol. The maximum absolute atomic E-state index is 10.8. The first kappa shape index (κ1) is 14.2. The summed E-state index contributed by atoms with van der Waals surface area (Å²) in [4.78, 5) is 12.2. The Bertz CT molecular complexity index is 410. The van der Waals surface area contributed by atoms with E-state index in [1.54, 1.807) is 13.0 Å². The number of hydrogen-bond acceptors (Lipinski definition) is 4. The molecule has 0 amide bonds. The lowest BCUT2D eigenvalue weighted by Crippen LogP contribution is -2.47. The molecule has 1 unspecified atom stereocenters. The van der Waals surface area contributed by atoms with E-state index in [2.05, 4.69) is 5.32 Å². The van der Waals surface area contributed by atoms with E-state index in [-0.39, 0.29) is 0 Å². The quantitative estimate of drug-likeness (QED) is 0.754. The Hall–Kier alpha value is -0.910. The summed E-state index contributed by atoms with van der Waals surface area (Å²) in [7, 11) is 0. The first-order valence-corrected chi connectivity index (χ1v) is 6.31. The number of nitrogens with one attached hydrogen (secondary N) is 1. The number of carboxylic acid groups (broad SMARTS) is 1. The van der Waals surface area contributed by atoms with Crippen molar-refractivity contribution >= 4 is 17.3 Å². The van der Waals surface area contributed by atoms with Gasteiger partial charge in [0.15, 0.2) is 0 Å². The number of aryl methyl sites for hydroxylation is 1. The number of carbonyl (C=O) groups is 1. The molecule has 0 bridgehead atoms. The van der Waals surface area contributed by atoms with Crippen LogP contribution in [0.15, 0.2) is 6.07 Å². The minimum atomic E-state index is -0.890. The molecule has 0 saturated carbocycles. The van der Waals surface area contributed by atoms with Gasteiger partial charge in [-0.3, -0.25) is 0 Å². The Labute approximate surface area is 105 Å². The molecule has 0 aliphatic rings. The molecule has 0 saturated heterocycles. The van der Waals surface area contributed by atoms with Gasteiger partial charge in [-0.1, -0.05) is 0 Å². The maximum atomic E-state index is 10.8. The van der Waals surface area contributed by atoms with Gasteiger partial charge in [-0.05, 0) is 39.3 Å². The molecule has 3 N–H and O–H groups in total. The largest absolute Gasteiger partial charge is 0.477 e. The highest BCUT2D eigenvalue weighted by atomic mass is 32.1. The second kappa shape index (κ2) is 5.16. The first-order valence-electron chi connectivity index (χ1n) is 5.49. The van der Waals surface area contributed by atoms with Gasteiger partial charge in [-0.2, -0.15) is 0 Å². The zero-order valence-corrected chi connectivity index (χ0v) is 11.4. The molecule has 5 heteroatoms. The summed E-state index contributed by atoms with van der Waals surface area (Å²) < 4.78 is 0. The smallest absolute Gasteiger partial charge is 0.345 e. The fourth-order valence-corrected chi connectivity index (χ4v) is 2.15. The van der Waals surface area contributed by atoms with E-state index in [9.17, 15) is 9.90 Å². The summed E-state index contributed by atoms with van der Waals surface area (Å²) in [5, 5.41) is 21.7. The third-order valence-corrected chi connectivity index (χ3v) is 4.09. The average Bonchev–Trinajstić information content (AvgIpc) is 2.57. The Kier molecular flexibility index (Phi) is 4.30. The summed E-state index contributed by atoms with van der Waals surface area (Å²) in [6.07, 6.45) is -0.472. The second-order valence-electron chi connectivity index (χ2n) is 4.75. The van der Waals surface area contributed by atoms with Gasteiger partial charge in [-0.15, -0.1) is 11.3 Å². The molecular formula is C12H19NO3S. The maximum Gasteiger partial charge on any atom is 0.345 e. The van der Waals surface area contributed by atoms with Crippen LogP contribution < -0.4 is 5.32 Å². The Morgan fingerprint density at radius 3 is 2.59 bits per heavy atom. The zero-order valence-electron chi connectivity index (χ0n) is 10.6. The van der Waals surface area contributed by atoms with E-state index in [1.165, 1.54) is 11.3 Å². The van der Waals surface area contributed by atoms with Crippen LogP contribution in [0, 0.1) is 6.92 Å². The molecule has 0 radical (unpaired) electrons. The molecule has 1 aromatic rings. The van der Waals surface area contributed by atoms with E-state index in [1.807, 2.05) is 20.8 Å². The number of rotatable bonds is 5. The normalized spacial score (nSPS) is 13.7. The predicted octanol–water partition coefficient (Wildman–Crippen LogP) is 2.00. The highest BCUT2D eigenvalue weighted by Crippen LogP contribution is 2.22. The molecule has 0 aliphatic heterocycles. The van der Waals surface area contributed by atoms with Gasteiger partial charge in [0, 0.05) is 17.0 Å². The van der Waals surface area contributed by atoms with Gasteiger partial charge in [0.1, 0.15) is 4.88 Å². The van der Waals surface area contributed by atoms with Crippen molar-refractivity contribution in [2.45, 2.75) is 45.9 Å². The molecule has 96 valence electrons. The summed E-state index contributed by atoms with van der Waals surface area (Å²) in [5.41, 5.74) is 0.582. The molecule has 0 fully saturated rings. The zero-order chi connectivity index (χ0) is 13.2. The molecule has 1 atom stereocenters. The highest BCUT2D eigenvalue weighted by Gasteiger charge is 2.23. The lowest BCUT2D eigenvalue weighted by Gasteiger charge is -2.29. The minimum absolute atomic E-state index is 0.356. The SMILES string of the molecule is Cc1sc(C(=O)O)cc1CNC(C)(C)C(C)O. The molecule has 17 heavy (non-hydrogen) atoms. The van der Waals surface area contributed by atoms with E-state index in [0.29, 0.717) is 11.4 Å². The number of aliphatic hydroxyl groups is 1. The van der Waals surface area contributed by atoms with Crippen LogP contribution in [0.1, 0.15) is 40.9 Å². The van der Waals surface area contributed by atoms with E-state index < -0.39 is 17.6 Å². The van der Waals surface area contributed by atoms with Gasteiger partial charge in [0.25, 0.3) is 0 Å². The predicted molar refractivity (Wildman–Crippen MR) is 68.6 cm³/mol. The lowest BCUT2D eigenvalue weighted by atomic mass is 9.98. The van der Waals surface area contributed by atoms with Crippen molar-refractivity contribution in [2.75, 3.05) is 0 Å². The van der Waals surface area contributed by atoms with Crippen molar-refractivity contribution in [3.8, 4) is 0 Å². The standard InChI is InChI=1S/C12H19NO3S/c1-7-9(5-10(17-7)11(15)16)6-13-12(3,4)8(2)14/h5,8,13-14H,6H2,1-4H3,(H,15,16). The Morgan fingerprint density at radius 2 is 2.18 bits per heavy atom. The molecule has 1 aromatic heterocycles. The third-order valence-electron chi connectivity index (χ3n) is 3.01. The molecule has 0 aromatic carbocycles. The molecule has 0 spiro atoms. The number of thiophene rings is 1. The minimum Gasteiger partial charge on any atom is -0.477 e. The van der Waals surface area contributed by atoms with Gasteiger partial charge >= 0.3 is 5.97 Å². The van der Waals surface area contributed by atoms with Crippen molar-refractivity contribution in [2.24, 2.45) is 0 Å². The number of aromatic carboxylic acids is 1. The summed E-state index contributed by atoms with van der Waals surface area (Å²) in [6.45, 7) is 8.03. The van der Waals surface area contributed by atoms with Crippen LogP contribution in [0.5, 0.6) is 0 Å². The topological polar surface area (TPSA) is 69.6 Å². The number of aliphatic hydroxyl groups excluding tert-OH is 1. The van der Waals surface area contributed by atoms with Crippen LogP contribution in [-0.4, -0.2) is 27.8 Å². The number of carboxylic acids is 1. The molecule has 1 rings (SSSR count). The highest BCUT2D eigenvalue weighted by molar-refractivity contribution is 7.14. The first-order chi connectivity index (χ1) is 7.74. The van der Waals surface area contributed by atoms with Gasteiger partial charge in [-0.25, -0.2) is 4.79 Å². The van der Waals surface area contributed by atoms with Crippen molar-refractivity contribution in [3.05, 3.63) is 21.4 Å². The van der Waals surface area contributed by atoms with Crippen LogP contribution in [0.25, 0.3) is 0 Å². The lowest BCUT2D eigenvalue weighted by molar-refractivity contribution is 0.0702. The van der Waals surface area contributed by atoms with Crippen LogP contribution in [0.3, 0.4) is 0 Å². The molecule has 4 nitrogen and oxygen atoms in total. The van der Waals surface area contributed by atoms with Crippen LogP contribution in [-0.2, 0) is 6.54 Å². The van der Waals surface area contributed by atoms with Crippen LogP contribution in [0.2, 0.25) is 0 Å². The van der Waals surface area contributed by atoms with Crippen LogP contribution in [0.4, 0.5) is 0 Å². The van der Waals surface area contributed by atoms with Gasteiger partial charge in [0.05, 0.1) is 6.10 Å². The Balaban J connectivity index is 2.73. The van der Waals surface area contributed by atoms with Gasteiger partial charge in [0.2, 0.25) is 0 Å². The van der Waals surface area contributed by atoms with Crippen molar-refractivity contribution in [1.29, 1.82) is 0 Å². The van der Waals surface area contributed by atoms with E-state index >= 15 is 0 Å². The Morgan fingerprint density at radius 1 is 1.59 bits per heavy atom. The van der Waals surface area contributed by atoms with Crippen molar-refractivity contribution in [1.82, 2.24) is 5.32 Å². The van der Waals surface area contributed by atoms with Crippen molar-refractivity contribution in [3.63, 3.8) is 0 Å². The second-order valence-corrected chi connectivity index (χ2v) is 6.00. The summed E-state index contributed by atoms with van der Waals surface area (Å²) >= 11 is 1.28. The molecular weight excluding hydrogens is 238 g/mol. The fourth-order valence-electron chi connectivity index (χ4n) is 1.27. The third kappa shape index (κ3) is 3.52. The van der Waals surface area contributed by atoms with Crippen LogP contribution >= 0.6 is 11.3 Å². The monoisotopic (exact) mass is 257 g/mol. The summed E-state index contributed by atoms with van der Waals surface area (Å²) in [5.74, 6) is -0.890.